The first-order valence-electron chi connectivity index (χ1n) is 6.81. The number of methoxy groups -OCH3 is 1. The zero-order valence-corrected chi connectivity index (χ0v) is 11.9. The van der Waals surface area contributed by atoms with Gasteiger partial charge in [0.15, 0.2) is 6.29 Å². The van der Waals surface area contributed by atoms with Crippen LogP contribution >= 0.6 is 0 Å². The van der Waals surface area contributed by atoms with Crippen LogP contribution in [0.15, 0.2) is 0 Å². The summed E-state index contributed by atoms with van der Waals surface area (Å²) in [5.74, 6) is -0.260. The monoisotopic (exact) mass is 278 g/mol. The van der Waals surface area contributed by atoms with Crippen LogP contribution in [-0.4, -0.2) is 66.3 Å². The highest BCUT2D eigenvalue weighted by Gasteiger charge is 2.43. The topological polar surface area (TPSA) is 88.4 Å². The number of rotatable bonds is 7. The molecule has 0 aromatic carbocycles. The van der Waals surface area contributed by atoms with E-state index >= 15 is 0 Å². The summed E-state index contributed by atoms with van der Waals surface area (Å²) in [4.78, 5) is 0. The molecule has 0 bridgehead atoms. The molecule has 1 fully saturated rings. The van der Waals surface area contributed by atoms with E-state index < -0.39 is 30.7 Å². The van der Waals surface area contributed by atoms with Crippen LogP contribution in [0.4, 0.5) is 0 Å². The molecule has 1 aliphatic rings. The molecule has 19 heavy (non-hydrogen) atoms. The second-order valence-electron chi connectivity index (χ2n) is 5.05. The third-order valence-corrected chi connectivity index (χ3v) is 3.55. The van der Waals surface area contributed by atoms with Gasteiger partial charge in [0.25, 0.3) is 0 Å². The maximum Gasteiger partial charge on any atom is 0.186 e. The van der Waals surface area contributed by atoms with Gasteiger partial charge in [-0.25, -0.2) is 0 Å². The Bertz CT molecular complexity index is 247. The van der Waals surface area contributed by atoms with Crippen molar-refractivity contribution in [2.24, 2.45) is 5.92 Å². The lowest BCUT2D eigenvalue weighted by Gasteiger charge is -2.42. The molecular formula is C13H26O6. The minimum atomic E-state index is -0.801. The molecule has 1 rings (SSSR count). The molecule has 0 spiro atoms. The summed E-state index contributed by atoms with van der Waals surface area (Å²) in [6.45, 7) is 3.72. The first kappa shape index (κ1) is 16.8. The average molecular weight is 278 g/mol. The molecule has 3 unspecified atom stereocenters. The van der Waals surface area contributed by atoms with Crippen molar-refractivity contribution < 1.29 is 29.5 Å². The second kappa shape index (κ2) is 8.14. The van der Waals surface area contributed by atoms with Gasteiger partial charge in [-0.05, 0) is 6.42 Å². The molecule has 6 nitrogen and oxygen atoms in total. The van der Waals surface area contributed by atoms with Gasteiger partial charge in [0.1, 0.15) is 6.10 Å². The summed E-state index contributed by atoms with van der Waals surface area (Å²) in [5.41, 5.74) is 0. The fourth-order valence-electron chi connectivity index (χ4n) is 2.27. The van der Waals surface area contributed by atoms with E-state index in [1.807, 2.05) is 6.92 Å². The zero-order valence-electron chi connectivity index (χ0n) is 11.9. The van der Waals surface area contributed by atoms with Crippen molar-refractivity contribution in [1.82, 2.24) is 0 Å². The molecule has 1 saturated heterocycles. The molecule has 0 aromatic heterocycles. The van der Waals surface area contributed by atoms with E-state index in [1.54, 1.807) is 6.92 Å². The minimum Gasteiger partial charge on any atom is -0.394 e. The van der Waals surface area contributed by atoms with Crippen molar-refractivity contribution >= 4 is 0 Å². The Morgan fingerprint density at radius 1 is 1.37 bits per heavy atom. The van der Waals surface area contributed by atoms with Crippen molar-refractivity contribution in [3.8, 4) is 0 Å². The normalized spacial score (nSPS) is 37.3. The fourth-order valence-corrected chi connectivity index (χ4v) is 2.27. The van der Waals surface area contributed by atoms with E-state index in [0.29, 0.717) is 6.42 Å². The van der Waals surface area contributed by atoms with Crippen molar-refractivity contribution in [1.29, 1.82) is 0 Å². The SMILES string of the molecule is CCCC(O)COC1[C@H](OC)OC(CO)[C@H](C)[C@@H]1O. The van der Waals surface area contributed by atoms with Crippen molar-refractivity contribution in [2.75, 3.05) is 20.3 Å². The number of hydrogen-bond acceptors (Lipinski definition) is 6. The molecule has 3 N–H and O–H groups in total. The summed E-state index contributed by atoms with van der Waals surface area (Å²) in [6, 6.07) is 0. The lowest BCUT2D eigenvalue weighted by atomic mass is 9.91. The van der Waals surface area contributed by atoms with Gasteiger partial charge in [-0.2, -0.15) is 0 Å². The average Bonchev–Trinajstić information content (AvgIpc) is 2.40. The van der Waals surface area contributed by atoms with Gasteiger partial charge >= 0.3 is 0 Å². The molecule has 6 heteroatoms. The third-order valence-electron chi connectivity index (χ3n) is 3.55. The van der Waals surface area contributed by atoms with Gasteiger partial charge in [-0.3, -0.25) is 0 Å². The first-order valence-corrected chi connectivity index (χ1v) is 6.81. The van der Waals surface area contributed by atoms with Crippen LogP contribution in [0.3, 0.4) is 0 Å². The Kier molecular flexibility index (Phi) is 7.20. The molecular weight excluding hydrogens is 252 g/mol. The molecule has 0 radical (unpaired) electrons. The maximum atomic E-state index is 10.2. The third kappa shape index (κ3) is 4.37. The molecule has 0 aliphatic carbocycles. The predicted octanol–water partition coefficient (Wildman–Crippen LogP) is -0.107. The number of aliphatic hydroxyl groups is 3. The standard InChI is InChI=1S/C13H26O6/c1-4-5-9(15)7-18-12-11(16)8(2)10(6-14)19-13(12)17-3/h8-16H,4-7H2,1-3H3/t8-,9?,10?,11-,12?,13+/m0/s1. The minimum absolute atomic E-state index is 0.134. The number of aliphatic hydroxyl groups excluding tert-OH is 3. The Labute approximate surface area is 114 Å². The molecule has 0 saturated carbocycles. The van der Waals surface area contributed by atoms with E-state index in [2.05, 4.69) is 0 Å². The van der Waals surface area contributed by atoms with Crippen molar-refractivity contribution in [3.63, 3.8) is 0 Å². The lowest BCUT2D eigenvalue weighted by Crippen LogP contribution is -2.56. The van der Waals surface area contributed by atoms with E-state index in [0.717, 1.165) is 6.42 Å². The molecule has 0 amide bonds. The lowest BCUT2D eigenvalue weighted by molar-refractivity contribution is -0.293. The van der Waals surface area contributed by atoms with Gasteiger partial charge in [0.05, 0.1) is 31.5 Å². The molecule has 114 valence electrons. The Hall–Kier alpha value is -0.240. The Balaban J connectivity index is 2.58. The van der Waals surface area contributed by atoms with E-state index in [4.69, 9.17) is 14.2 Å². The van der Waals surface area contributed by atoms with Gasteiger partial charge < -0.3 is 29.5 Å². The van der Waals surface area contributed by atoms with Crippen LogP contribution in [0.5, 0.6) is 0 Å². The second-order valence-corrected chi connectivity index (χ2v) is 5.05. The summed E-state index contributed by atoms with van der Waals surface area (Å²) >= 11 is 0. The van der Waals surface area contributed by atoms with Crippen LogP contribution in [-0.2, 0) is 14.2 Å². The van der Waals surface area contributed by atoms with Gasteiger partial charge in [-0.1, -0.05) is 20.3 Å². The van der Waals surface area contributed by atoms with E-state index in [9.17, 15) is 15.3 Å². The maximum absolute atomic E-state index is 10.2. The highest BCUT2D eigenvalue weighted by atomic mass is 16.7. The summed E-state index contributed by atoms with van der Waals surface area (Å²) < 4.78 is 16.2. The van der Waals surface area contributed by atoms with Crippen LogP contribution < -0.4 is 0 Å². The highest BCUT2D eigenvalue weighted by molar-refractivity contribution is 4.87. The fraction of sp³-hybridized carbons (Fsp3) is 1.00. The van der Waals surface area contributed by atoms with Gasteiger partial charge in [0, 0.05) is 13.0 Å². The number of ether oxygens (including phenoxy) is 3. The summed E-state index contributed by atoms with van der Waals surface area (Å²) in [5, 5.41) is 29.1. The van der Waals surface area contributed by atoms with Crippen LogP contribution in [0.25, 0.3) is 0 Å². The summed E-state index contributed by atoms with van der Waals surface area (Å²) in [6.07, 6.45) is -1.71. The predicted molar refractivity (Wildman–Crippen MR) is 68.6 cm³/mol. The molecule has 1 aliphatic heterocycles. The smallest absolute Gasteiger partial charge is 0.186 e. The Morgan fingerprint density at radius 2 is 2.05 bits per heavy atom. The van der Waals surface area contributed by atoms with E-state index in [-0.39, 0.29) is 19.1 Å². The molecule has 6 atom stereocenters. The van der Waals surface area contributed by atoms with Gasteiger partial charge in [-0.15, -0.1) is 0 Å². The summed E-state index contributed by atoms with van der Waals surface area (Å²) in [7, 11) is 1.46. The van der Waals surface area contributed by atoms with Crippen molar-refractivity contribution in [2.45, 2.75) is 57.4 Å². The van der Waals surface area contributed by atoms with Crippen LogP contribution in [0.1, 0.15) is 26.7 Å². The van der Waals surface area contributed by atoms with Crippen LogP contribution in [0.2, 0.25) is 0 Å². The van der Waals surface area contributed by atoms with E-state index in [1.165, 1.54) is 7.11 Å². The first-order chi connectivity index (χ1) is 9.04. The Morgan fingerprint density at radius 3 is 2.58 bits per heavy atom. The zero-order chi connectivity index (χ0) is 14.4. The quantitative estimate of drug-likeness (QED) is 0.602. The number of hydrogen-bond donors (Lipinski definition) is 3. The van der Waals surface area contributed by atoms with Crippen LogP contribution in [0, 0.1) is 5.92 Å². The largest absolute Gasteiger partial charge is 0.394 e. The van der Waals surface area contributed by atoms with Gasteiger partial charge in [0.2, 0.25) is 0 Å². The molecule has 1 heterocycles. The van der Waals surface area contributed by atoms with Crippen molar-refractivity contribution in [3.05, 3.63) is 0 Å². The highest BCUT2D eigenvalue weighted by Crippen LogP contribution is 2.28. The molecule has 0 aromatic rings.